The van der Waals surface area contributed by atoms with Gasteiger partial charge >= 0.3 is 5.97 Å². The molecule has 1 N–H and O–H groups in total. The molecule has 88 valence electrons. The van der Waals surface area contributed by atoms with Gasteiger partial charge in [0, 0.05) is 23.8 Å². The number of nitrogens with zero attached hydrogens (tertiary/aromatic N) is 3. The summed E-state index contributed by atoms with van der Waals surface area (Å²) in [5.74, 6) is -0.588. The van der Waals surface area contributed by atoms with Crippen LogP contribution in [0.1, 0.15) is 12.0 Å². The van der Waals surface area contributed by atoms with Crippen LogP contribution in [0.3, 0.4) is 0 Å². The molecule has 1 atom stereocenters. The van der Waals surface area contributed by atoms with Gasteiger partial charge in [0.2, 0.25) is 0 Å². The van der Waals surface area contributed by atoms with Crippen LogP contribution in [0.5, 0.6) is 0 Å². The number of nitriles is 1. The fourth-order valence-electron chi connectivity index (χ4n) is 1.92. The zero-order chi connectivity index (χ0) is 12.4. The lowest BCUT2D eigenvalue weighted by atomic mass is 10.1. The monoisotopic (exact) mass is 295 g/mol. The standard InChI is InChI=1S/C11H10BrN3O2/c12-9-3-8(4-13)10(14-5-9)15-2-1-7(6-15)11(16)17/h3,5,7H,1-2,6H2,(H,16,17). The van der Waals surface area contributed by atoms with Crippen LogP contribution in [-0.4, -0.2) is 29.1 Å². The molecule has 1 aromatic heterocycles. The average molecular weight is 296 g/mol. The predicted octanol–water partition coefficient (Wildman–Crippen LogP) is 1.63. The molecule has 1 saturated heterocycles. The van der Waals surface area contributed by atoms with Crippen LogP contribution in [0.4, 0.5) is 5.82 Å². The first kappa shape index (κ1) is 11.9. The molecule has 1 unspecified atom stereocenters. The smallest absolute Gasteiger partial charge is 0.308 e. The molecule has 5 nitrogen and oxygen atoms in total. The quantitative estimate of drug-likeness (QED) is 0.897. The summed E-state index contributed by atoms with van der Waals surface area (Å²) in [5.41, 5.74) is 0.463. The average Bonchev–Trinajstić information content (AvgIpc) is 2.78. The molecule has 2 rings (SSSR count). The molecule has 17 heavy (non-hydrogen) atoms. The molecule has 1 aromatic rings. The third-order valence-electron chi connectivity index (χ3n) is 2.79. The van der Waals surface area contributed by atoms with E-state index in [0.29, 0.717) is 30.9 Å². The fourth-order valence-corrected chi connectivity index (χ4v) is 2.25. The lowest BCUT2D eigenvalue weighted by Gasteiger charge is -2.17. The van der Waals surface area contributed by atoms with Gasteiger partial charge in [-0.1, -0.05) is 0 Å². The molecule has 1 aliphatic heterocycles. The molecule has 0 aromatic carbocycles. The molecule has 0 saturated carbocycles. The summed E-state index contributed by atoms with van der Waals surface area (Å²) in [6, 6.07) is 3.77. The van der Waals surface area contributed by atoms with Gasteiger partial charge in [-0.2, -0.15) is 5.26 Å². The Bertz CT molecular complexity index is 498. The number of aliphatic carboxylic acids is 1. The maximum absolute atomic E-state index is 10.9. The first-order valence-corrected chi connectivity index (χ1v) is 5.94. The maximum atomic E-state index is 10.9. The van der Waals surface area contributed by atoms with Crippen molar-refractivity contribution in [3.8, 4) is 6.07 Å². The molecule has 0 aliphatic carbocycles. The van der Waals surface area contributed by atoms with E-state index in [-0.39, 0.29) is 5.92 Å². The first-order valence-electron chi connectivity index (χ1n) is 5.15. The number of carboxylic acid groups (broad SMARTS) is 1. The molecule has 2 heterocycles. The van der Waals surface area contributed by atoms with E-state index in [1.54, 1.807) is 12.3 Å². The maximum Gasteiger partial charge on any atom is 0.308 e. The zero-order valence-corrected chi connectivity index (χ0v) is 10.5. The van der Waals surface area contributed by atoms with Crippen molar-refractivity contribution in [2.24, 2.45) is 5.92 Å². The summed E-state index contributed by atoms with van der Waals surface area (Å²) in [5, 5.41) is 18.0. The number of halogens is 1. The van der Waals surface area contributed by atoms with Crippen molar-refractivity contribution in [2.75, 3.05) is 18.0 Å². The Labute approximate surface area is 107 Å². The third kappa shape index (κ3) is 2.39. The van der Waals surface area contributed by atoms with Gasteiger partial charge in [0.15, 0.2) is 0 Å². The van der Waals surface area contributed by atoms with E-state index in [9.17, 15) is 4.79 Å². The Balaban J connectivity index is 2.25. The highest BCUT2D eigenvalue weighted by Gasteiger charge is 2.29. The molecule has 0 bridgehead atoms. The Morgan fingerprint density at radius 2 is 2.47 bits per heavy atom. The number of carbonyl (C=O) groups is 1. The summed E-state index contributed by atoms with van der Waals surface area (Å²) in [6.07, 6.45) is 2.21. The van der Waals surface area contributed by atoms with Crippen molar-refractivity contribution in [1.82, 2.24) is 4.98 Å². The normalized spacial score (nSPS) is 19.1. The second kappa shape index (κ2) is 4.72. The molecule has 6 heteroatoms. The number of rotatable bonds is 2. The molecule has 0 radical (unpaired) electrons. The zero-order valence-electron chi connectivity index (χ0n) is 8.93. The topological polar surface area (TPSA) is 77.2 Å². The van der Waals surface area contributed by atoms with Crippen molar-refractivity contribution in [1.29, 1.82) is 5.26 Å². The van der Waals surface area contributed by atoms with Crippen molar-refractivity contribution in [2.45, 2.75) is 6.42 Å². The van der Waals surface area contributed by atoms with Gasteiger partial charge in [-0.25, -0.2) is 4.98 Å². The Morgan fingerprint density at radius 1 is 1.71 bits per heavy atom. The summed E-state index contributed by atoms with van der Waals surface area (Å²) in [4.78, 5) is 16.9. The minimum atomic E-state index is -0.789. The van der Waals surface area contributed by atoms with Crippen molar-refractivity contribution >= 4 is 27.7 Å². The summed E-state index contributed by atoms with van der Waals surface area (Å²) >= 11 is 3.25. The van der Waals surface area contributed by atoms with Gasteiger partial charge in [0.1, 0.15) is 11.9 Å². The van der Waals surface area contributed by atoms with E-state index >= 15 is 0 Å². The van der Waals surface area contributed by atoms with Gasteiger partial charge in [-0.05, 0) is 28.4 Å². The fraction of sp³-hybridized carbons (Fsp3) is 0.364. The van der Waals surface area contributed by atoms with E-state index in [1.165, 1.54) is 0 Å². The van der Waals surface area contributed by atoms with E-state index in [1.807, 2.05) is 4.90 Å². The first-order chi connectivity index (χ1) is 8.11. The van der Waals surface area contributed by atoms with Crippen LogP contribution in [0.25, 0.3) is 0 Å². The second-order valence-electron chi connectivity index (χ2n) is 3.91. The summed E-state index contributed by atoms with van der Waals surface area (Å²) in [7, 11) is 0. The molecular weight excluding hydrogens is 286 g/mol. The number of hydrogen-bond donors (Lipinski definition) is 1. The lowest BCUT2D eigenvalue weighted by Crippen LogP contribution is -2.24. The van der Waals surface area contributed by atoms with E-state index < -0.39 is 5.97 Å². The minimum Gasteiger partial charge on any atom is -0.481 e. The number of hydrogen-bond acceptors (Lipinski definition) is 4. The number of aromatic nitrogens is 1. The van der Waals surface area contributed by atoms with Gasteiger partial charge in [0.25, 0.3) is 0 Å². The second-order valence-corrected chi connectivity index (χ2v) is 4.82. The van der Waals surface area contributed by atoms with Crippen LogP contribution in [-0.2, 0) is 4.79 Å². The van der Waals surface area contributed by atoms with Crippen molar-refractivity contribution < 1.29 is 9.90 Å². The SMILES string of the molecule is N#Cc1cc(Br)cnc1N1CCC(C(=O)O)C1. The largest absolute Gasteiger partial charge is 0.481 e. The van der Waals surface area contributed by atoms with E-state index in [2.05, 4.69) is 27.0 Å². The van der Waals surface area contributed by atoms with Crippen LogP contribution in [0.15, 0.2) is 16.7 Å². The Kier molecular flexibility index (Phi) is 3.29. The highest BCUT2D eigenvalue weighted by atomic mass is 79.9. The summed E-state index contributed by atoms with van der Waals surface area (Å²) in [6.45, 7) is 1.04. The Hall–Kier alpha value is -1.61. The van der Waals surface area contributed by atoms with Crippen LogP contribution < -0.4 is 4.90 Å². The van der Waals surface area contributed by atoms with Gasteiger partial charge in [-0.3, -0.25) is 4.79 Å². The van der Waals surface area contributed by atoms with Crippen LogP contribution >= 0.6 is 15.9 Å². The predicted molar refractivity (Wildman–Crippen MR) is 64.6 cm³/mol. The third-order valence-corrected chi connectivity index (χ3v) is 3.22. The van der Waals surface area contributed by atoms with Crippen molar-refractivity contribution in [3.63, 3.8) is 0 Å². The van der Waals surface area contributed by atoms with Crippen LogP contribution in [0, 0.1) is 17.2 Å². The molecule has 0 amide bonds. The summed E-state index contributed by atoms with van der Waals surface area (Å²) < 4.78 is 0.742. The number of pyridine rings is 1. The van der Waals surface area contributed by atoms with Crippen LogP contribution in [0.2, 0.25) is 0 Å². The molecule has 0 spiro atoms. The minimum absolute atomic E-state index is 0.369. The molecular formula is C11H10BrN3O2. The van der Waals surface area contributed by atoms with E-state index in [0.717, 1.165) is 4.47 Å². The molecule has 1 aliphatic rings. The number of carboxylic acids is 1. The van der Waals surface area contributed by atoms with Gasteiger partial charge < -0.3 is 10.0 Å². The van der Waals surface area contributed by atoms with Gasteiger partial charge in [-0.15, -0.1) is 0 Å². The highest BCUT2D eigenvalue weighted by molar-refractivity contribution is 9.10. The lowest BCUT2D eigenvalue weighted by molar-refractivity contribution is -0.140. The van der Waals surface area contributed by atoms with Crippen molar-refractivity contribution in [3.05, 3.63) is 22.3 Å². The van der Waals surface area contributed by atoms with E-state index in [4.69, 9.17) is 10.4 Å². The number of anilines is 1. The van der Waals surface area contributed by atoms with Gasteiger partial charge in [0.05, 0.1) is 11.5 Å². The highest BCUT2D eigenvalue weighted by Crippen LogP contribution is 2.26. The Morgan fingerprint density at radius 3 is 3.06 bits per heavy atom. The molecule has 1 fully saturated rings.